The van der Waals surface area contributed by atoms with Crippen molar-refractivity contribution in [3.05, 3.63) is 40.1 Å². The van der Waals surface area contributed by atoms with Gasteiger partial charge in [0.2, 0.25) is 0 Å². The third-order valence-electron chi connectivity index (χ3n) is 2.61. The number of halogens is 1. The lowest BCUT2D eigenvalue weighted by Gasteiger charge is -2.08. The zero-order chi connectivity index (χ0) is 14.9. The number of anilines is 1. The lowest BCUT2D eigenvalue weighted by atomic mass is 10.1. The van der Waals surface area contributed by atoms with E-state index in [0.29, 0.717) is 10.2 Å². The van der Waals surface area contributed by atoms with Crippen LogP contribution in [-0.2, 0) is 4.74 Å². The van der Waals surface area contributed by atoms with E-state index < -0.39 is 11.9 Å². The van der Waals surface area contributed by atoms with E-state index in [9.17, 15) is 9.59 Å². The first-order chi connectivity index (χ1) is 9.45. The van der Waals surface area contributed by atoms with Crippen LogP contribution in [0.1, 0.15) is 20.8 Å². The van der Waals surface area contributed by atoms with Gasteiger partial charge in [-0.05, 0) is 28.1 Å². The molecule has 0 aliphatic rings. The molecule has 0 radical (unpaired) electrons. The highest BCUT2D eigenvalue weighted by molar-refractivity contribution is 9.10. The molecule has 1 heterocycles. The number of primary amides is 1. The molecule has 0 atom stereocenters. The highest BCUT2D eigenvalue weighted by Crippen LogP contribution is 2.24. The van der Waals surface area contributed by atoms with Crippen LogP contribution in [0.2, 0.25) is 0 Å². The molecule has 2 rings (SSSR count). The van der Waals surface area contributed by atoms with E-state index in [-0.39, 0.29) is 16.9 Å². The van der Waals surface area contributed by atoms with Gasteiger partial charge in [-0.15, -0.1) is 0 Å². The number of amides is 1. The number of aromatic nitrogens is 2. The molecule has 1 amide bonds. The molecule has 0 unspecified atom stereocenters. The summed E-state index contributed by atoms with van der Waals surface area (Å²) in [6, 6.07) is 5.03. The molecule has 0 bridgehead atoms. The van der Waals surface area contributed by atoms with E-state index >= 15 is 0 Å². The Morgan fingerprint density at radius 2 is 2.10 bits per heavy atom. The lowest BCUT2D eigenvalue weighted by molar-refractivity contribution is 0.0594. The number of nitrogens with two attached hydrogens (primary N) is 2. The summed E-state index contributed by atoms with van der Waals surface area (Å²) < 4.78 is 6.41. The van der Waals surface area contributed by atoms with Gasteiger partial charge < -0.3 is 16.2 Å². The Balaban J connectivity index is 2.61. The van der Waals surface area contributed by atoms with Crippen LogP contribution in [0.4, 0.5) is 5.69 Å². The summed E-state index contributed by atoms with van der Waals surface area (Å²) in [7, 11) is 1.23. The Labute approximate surface area is 122 Å². The Morgan fingerprint density at radius 1 is 1.40 bits per heavy atom. The van der Waals surface area contributed by atoms with Crippen LogP contribution in [0.5, 0.6) is 0 Å². The maximum atomic E-state index is 11.5. The summed E-state index contributed by atoms with van der Waals surface area (Å²) >= 11 is 3.25. The average Bonchev–Trinajstić information content (AvgIpc) is 2.79. The van der Waals surface area contributed by atoms with Crippen LogP contribution in [0.25, 0.3) is 5.69 Å². The second-order valence-electron chi connectivity index (χ2n) is 3.87. The number of ether oxygens (including phenoxy) is 1. The molecular formula is C12H11BrN4O3. The second kappa shape index (κ2) is 5.33. The van der Waals surface area contributed by atoms with E-state index in [1.807, 2.05) is 0 Å². The van der Waals surface area contributed by atoms with Crippen molar-refractivity contribution in [1.29, 1.82) is 0 Å². The molecule has 4 N–H and O–H groups in total. The van der Waals surface area contributed by atoms with Crippen LogP contribution in [0.3, 0.4) is 0 Å². The molecule has 1 aromatic heterocycles. The molecule has 0 spiro atoms. The van der Waals surface area contributed by atoms with Gasteiger partial charge in [-0.3, -0.25) is 4.79 Å². The van der Waals surface area contributed by atoms with Crippen LogP contribution < -0.4 is 11.5 Å². The number of methoxy groups -OCH3 is 1. The van der Waals surface area contributed by atoms with Gasteiger partial charge >= 0.3 is 5.97 Å². The van der Waals surface area contributed by atoms with Crippen molar-refractivity contribution in [2.45, 2.75) is 0 Å². The number of benzene rings is 1. The summed E-state index contributed by atoms with van der Waals surface area (Å²) in [6.45, 7) is 0. The minimum atomic E-state index is -0.656. The normalized spacial score (nSPS) is 10.3. The predicted molar refractivity (Wildman–Crippen MR) is 75.5 cm³/mol. The first kappa shape index (κ1) is 14.1. The molecule has 0 aliphatic carbocycles. The minimum absolute atomic E-state index is 0.0251. The van der Waals surface area contributed by atoms with Crippen molar-refractivity contribution in [2.24, 2.45) is 5.73 Å². The monoisotopic (exact) mass is 338 g/mol. The second-order valence-corrected chi connectivity index (χ2v) is 4.72. The molecule has 0 saturated heterocycles. The fourth-order valence-corrected chi connectivity index (χ4v) is 2.26. The number of carbonyl (C=O) groups is 2. The fraction of sp³-hybridized carbons (Fsp3) is 0.0833. The van der Waals surface area contributed by atoms with E-state index in [0.717, 1.165) is 0 Å². The fourth-order valence-electron chi connectivity index (χ4n) is 1.71. The number of esters is 1. The smallest absolute Gasteiger partial charge is 0.360 e. The van der Waals surface area contributed by atoms with Crippen LogP contribution >= 0.6 is 15.9 Å². The van der Waals surface area contributed by atoms with E-state index in [2.05, 4.69) is 25.8 Å². The number of rotatable bonds is 3. The Morgan fingerprint density at radius 3 is 2.70 bits per heavy atom. The van der Waals surface area contributed by atoms with Gasteiger partial charge in [0.05, 0.1) is 30.2 Å². The van der Waals surface area contributed by atoms with Gasteiger partial charge in [0.25, 0.3) is 5.91 Å². The molecule has 0 fully saturated rings. The van der Waals surface area contributed by atoms with Gasteiger partial charge in [-0.2, -0.15) is 5.10 Å². The molecule has 104 valence electrons. The van der Waals surface area contributed by atoms with Crippen molar-refractivity contribution < 1.29 is 14.3 Å². The summed E-state index contributed by atoms with van der Waals surface area (Å²) in [5, 5.41) is 4.02. The Bertz CT molecular complexity index is 696. The summed E-state index contributed by atoms with van der Waals surface area (Å²) in [5.74, 6) is -1.28. The maximum Gasteiger partial charge on any atom is 0.360 e. The third kappa shape index (κ3) is 2.37. The van der Waals surface area contributed by atoms with Gasteiger partial charge in [0.15, 0.2) is 5.69 Å². The molecule has 7 nitrogen and oxygen atoms in total. The standard InChI is InChI=1S/C12H11BrN4O3/c1-20-12(19)10-7(14)5-17(16-10)8-4-2-3-6(13)9(8)11(15)18/h2-5H,14H2,1H3,(H2,15,18). The summed E-state index contributed by atoms with van der Waals surface area (Å²) in [6.07, 6.45) is 1.42. The molecule has 2 aromatic rings. The molecule has 0 saturated carbocycles. The van der Waals surface area contributed by atoms with Gasteiger partial charge in [-0.25, -0.2) is 9.48 Å². The molecule has 0 aliphatic heterocycles. The van der Waals surface area contributed by atoms with Crippen LogP contribution in [0.15, 0.2) is 28.9 Å². The van der Waals surface area contributed by atoms with Crippen molar-refractivity contribution in [3.63, 3.8) is 0 Å². The highest BCUT2D eigenvalue weighted by atomic mass is 79.9. The Hall–Kier alpha value is -2.35. The quantitative estimate of drug-likeness (QED) is 0.813. The van der Waals surface area contributed by atoms with E-state index in [1.54, 1.807) is 18.2 Å². The molecule has 1 aromatic carbocycles. The largest absolute Gasteiger partial charge is 0.464 e. The van der Waals surface area contributed by atoms with Gasteiger partial charge in [-0.1, -0.05) is 6.07 Å². The highest BCUT2D eigenvalue weighted by Gasteiger charge is 2.19. The Kier molecular flexibility index (Phi) is 3.75. The summed E-state index contributed by atoms with van der Waals surface area (Å²) in [4.78, 5) is 23.0. The topological polar surface area (TPSA) is 113 Å². The van der Waals surface area contributed by atoms with Gasteiger partial charge in [0.1, 0.15) is 0 Å². The third-order valence-corrected chi connectivity index (χ3v) is 3.27. The maximum absolute atomic E-state index is 11.5. The van der Waals surface area contributed by atoms with Crippen molar-refractivity contribution in [3.8, 4) is 5.69 Å². The zero-order valence-electron chi connectivity index (χ0n) is 10.5. The number of nitrogen functional groups attached to an aromatic ring is 1. The van der Waals surface area contributed by atoms with Crippen LogP contribution in [0, 0.1) is 0 Å². The molecular weight excluding hydrogens is 328 g/mol. The van der Waals surface area contributed by atoms with Gasteiger partial charge in [0, 0.05) is 4.47 Å². The number of hydrogen-bond acceptors (Lipinski definition) is 5. The minimum Gasteiger partial charge on any atom is -0.464 e. The van der Waals surface area contributed by atoms with Crippen molar-refractivity contribution >= 4 is 33.5 Å². The number of nitrogens with zero attached hydrogens (tertiary/aromatic N) is 2. The number of carbonyl (C=O) groups excluding carboxylic acids is 2. The lowest BCUT2D eigenvalue weighted by Crippen LogP contribution is -2.16. The predicted octanol–water partition coefficient (Wildman–Crippen LogP) is 1.10. The molecule has 20 heavy (non-hydrogen) atoms. The SMILES string of the molecule is COC(=O)c1nn(-c2cccc(Br)c2C(N)=O)cc1N. The van der Waals surface area contributed by atoms with E-state index in [4.69, 9.17) is 11.5 Å². The number of hydrogen-bond donors (Lipinski definition) is 2. The van der Waals surface area contributed by atoms with E-state index in [1.165, 1.54) is 18.0 Å². The van der Waals surface area contributed by atoms with Crippen molar-refractivity contribution in [1.82, 2.24) is 9.78 Å². The molecule has 8 heteroatoms. The first-order valence-electron chi connectivity index (χ1n) is 5.48. The first-order valence-corrected chi connectivity index (χ1v) is 6.27. The van der Waals surface area contributed by atoms with Crippen molar-refractivity contribution in [2.75, 3.05) is 12.8 Å². The average molecular weight is 339 g/mol. The zero-order valence-corrected chi connectivity index (χ0v) is 12.0. The summed E-state index contributed by atoms with van der Waals surface area (Å²) in [5.41, 5.74) is 11.8. The van der Waals surface area contributed by atoms with Crippen LogP contribution in [-0.4, -0.2) is 28.8 Å².